The number of benzene rings is 2. The number of carbonyl (C=O) groups excluding carboxylic acids is 2. The molecule has 0 fully saturated rings. The topological polar surface area (TPSA) is 125 Å². The van der Waals surface area contributed by atoms with Crippen LogP contribution in [0, 0.1) is 12.3 Å². The number of furan rings is 1. The Balaban J connectivity index is 1.44. The predicted octanol–water partition coefficient (Wildman–Crippen LogP) is 4.37. The highest BCUT2D eigenvalue weighted by Crippen LogP contribution is 2.39. The van der Waals surface area contributed by atoms with Crippen LogP contribution in [0.5, 0.6) is 0 Å². The first kappa shape index (κ1) is 33.0. The van der Waals surface area contributed by atoms with Crippen molar-refractivity contribution in [2.24, 2.45) is 5.41 Å². The van der Waals surface area contributed by atoms with Crippen molar-refractivity contribution in [3.05, 3.63) is 88.0 Å². The summed E-state index contributed by atoms with van der Waals surface area (Å²) in [5.74, 6) is -0.497. The third-order valence-electron chi connectivity index (χ3n) is 8.57. The molecule has 0 radical (unpaired) electrons. The third-order valence-corrected chi connectivity index (χ3v) is 9.16. The maximum atomic E-state index is 13.3. The Kier molecular flexibility index (Phi) is 9.14. The summed E-state index contributed by atoms with van der Waals surface area (Å²) in [6.45, 7) is 9.48. The summed E-state index contributed by atoms with van der Waals surface area (Å²) in [6, 6.07) is 14.8. The molecule has 0 saturated heterocycles. The Hall–Kier alpha value is -4.42. The summed E-state index contributed by atoms with van der Waals surface area (Å²) in [5, 5.41) is 0.528. The summed E-state index contributed by atoms with van der Waals surface area (Å²) in [5.41, 5.74) is 3.76. The van der Waals surface area contributed by atoms with Gasteiger partial charge in [0, 0.05) is 51.5 Å². The first-order valence-electron chi connectivity index (χ1n) is 15.3. The highest BCUT2D eigenvalue weighted by molar-refractivity contribution is 7.92. The minimum atomic E-state index is -3.50. The number of sulfonamides is 1. The number of hydrogen-bond acceptors (Lipinski definition) is 7. The van der Waals surface area contributed by atoms with Crippen LogP contribution in [-0.2, 0) is 39.1 Å². The van der Waals surface area contributed by atoms with E-state index in [0.29, 0.717) is 67.2 Å². The Morgan fingerprint density at radius 3 is 2.43 bits per heavy atom. The van der Waals surface area contributed by atoms with Crippen LogP contribution in [0.15, 0.2) is 70.2 Å². The highest BCUT2D eigenvalue weighted by atomic mass is 32.2. The number of anilines is 3. The smallest absolute Gasteiger partial charge is 0.261 e. The molecule has 4 aromatic rings. The van der Waals surface area contributed by atoms with Gasteiger partial charge in [-0.3, -0.25) is 24.0 Å². The standard InChI is InChI=1S/C34H41N5O6S/c1-7-39-28-13-12-24(20-29(28)36(5)32(41)34(3,4)33(39)42)14-16-37(22-25-10-8-9-11-27(25)35-46(6,43)44)17-18-38-21-23(2)30-26(31(38)40)15-19-45-30/h8-13,15,19-21,35H,7,14,16-18,22H2,1-6H3. The predicted molar refractivity (Wildman–Crippen MR) is 181 cm³/mol. The lowest BCUT2D eigenvalue weighted by Crippen LogP contribution is -2.47. The molecule has 1 aliphatic heterocycles. The van der Waals surface area contributed by atoms with Gasteiger partial charge in [0.1, 0.15) is 11.0 Å². The van der Waals surface area contributed by atoms with Crippen LogP contribution in [0.1, 0.15) is 37.5 Å². The van der Waals surface area contributed by atoms with Crippen LogP contribution in [0.4, 0.5) is 17.1 Å². The lowest BCUT2D eigenvalue weighted by molar-refractivity contribution is -0.137. The molecule has 244 valence electrons. The Morgan fingerprint density at radius 1 is 0.978 bits per heavy atom. The average Bonchev–Trinajstić information content (AvgIpc) is 3.50. The molecule has 2 aromatic carbocycles. The van der Waals surface area contributed by atoms with Crippen LogP contribution in [0.25, 0.3) is 11.0 Å². The van der Waals surface area contributed by atoms with Gasteiger partial charge < -0.3 is 18.8 Å². The molecule has 0 saturated carbocycles. The molecule has 46 heavy (non-hydrogen) atoms. The van der Waals surface area contributed by atoms with Crippen LogP contribution < -0.4 is 20.1 Å². The second kappa shape index (κ2) is 12.8. The molecule has 0 atom stereocenters. The largest absolute Gasteiger partial charge is 0.464 e. The van der Waals surface area contributed by atoms with E-state index in [1.165, 1.54) is 6.26 Å². The third kappa shape index (κ3) is 6.59. The van der Waals surface area contributed by atoms with E-state index in [-0.39, 0.29) is 17.4 Å². The zero-order valence-electron chi connectivity index (χ0n) is 27.2. The van der Waals surface area contributed by atoms with Gasteiger partial charge in [-0.2, -0.15) is 0 Å². The van der Waals surface area contributed by atoms with Gasteiger partial charge in [-0.05, 0) is 69.5 Å². The van der Waals surface area contributed by atoms with Gasteiger partial charge in [0.05, 0.1) is 35.0 Å². The van der Waals surface area contributed by atoms with Gasteiger partial charge in [0.25, 0.3) is 5.56 Å². The van der Waals surface area contributed by atoms with E-state index in [1.807, 2.05) is 44.2 Å². The zero-order chi connectivity index (χ0) is 33.4. The van der Waals surface area contributed by atoms with Gasteiger partial charge in [-0.15, -0.1) is 0 Å². The fraction of sp³-hybridized carbons (Fsp3) is 0.382. The number of pyridine rings is 1. The van der Waals surface area contributed by atoms with Crippen molar-refractivity contribution in [2.45, 2.75) is 47.2 Å². The van der Waals surface area contributed by atoms with E-state index in [1.54, 1.807) is 59.7 Å². The van der Waals surface area contributed by atoms with Crippen LogP contribution in [0.3, 0.4) is 0 Å². The number of amides is 2. The summed E-state index contributed by atoms with van der Waals surface area (Å²) < 4.78 is 34.0. The Labute approximate surface area is 269 Å². The molecule has 1 aliphatic rings. The molecule has 2 aromatic heterocycles. The lowest BCUT2D eigenvalue weighted by Gasteiger charge is -2.27. The van der Waals surface area contributed by atoms with Crippen molar-refractivity contribution >= 4 is 49.9 Å². The van der Waals surface area contributed by atoms with E-state index in [2.05, 4.69) is 9.62 Å². The highest BCUT2D eigenvalue weighted by Gasteiger charge is 2.45. The summed E-state index contributed by atoms with van der Waals surface area (Å²) in [4.78, 5) is 45.2. The Morgan fingerprint density at radius 2 is 1.72 bits per heavy atom. The molecule has 3 heterocycles. The molecule has 0 bridgehead atoms. The summed E-state index contributed by atoms with van der Waals surface area (Å²) in [6.07, 6.45) is 5.04. The minimum absolute atomic E-state index is 0.134. The Bertz CT molecular complexity index is 1960. The minimum Gasteiger partial charge on any atom is -0.464 e. The van der Waals surface area contributed by atoms with Crippen molar-refractivity contribution in [3.63, 3.8) is 0 Å². The number of aromatic nitrogens is 1. The number of fused-ring (bicyclic) bond motifs is 2. The maximum Gasteiger partial charge on any atom is 0.261 e. The first-order valence-corrected chi connectivity index (χ1v) is 17.2. The van der Waals surface area contributed by atoms with E-state index >= 15 is 0 Å². The quantitative estimate of drug-likeness (QED) is 0.240. The first-order chi connectivity index (χ1) is 21.7. The molecule has 0 aliphatic carbocycles. The van der Waals surface area contributed by atoms with Crippen molar-refractivity contribution in [3.8, 4) is 0 Å². The summed E-state index contributed by atoms with van der Waals surface area (Å²) >= 11 is 0. The monoisotopic (exact) mass is 647 g/mol. The fourth-order valence-electron chi connectivity index (χ4n) is 6.06. The van der Waals surface area contributed by atoms with Gasteiger partial charge in [-0.1, -0.05) is 24.3 Å². The van der Waals surface area contributed by atoms with Gasteiger partial charge in [0.2, 0.25) is 21.8 Å². The van der Waals surface area contributed by atoms with Crippen molar-refractivity contribution in [2.75, 3.05) is 47.5 Å². The van der Waals surface area contributed by atoms with Crippen LogP contribution >= 0.6 is 0 Å². The van der Waals surface area contributed by atoms with Crippen LogP contribution in [0.2, 0.25) is 0 Å². The van der Waals surface area contributed by atoms with Crippen molar-refractivity contribution in [1.82, 2.24) is 9.47 Å². The maximum absolute atomic E-state index is 13.3. The second-order valence-corrected chi connectivity index (χ2v) is 14.1. The lowest BCUT2D eigenvalue weighted by atomic mass is 9.90. The van der Waals surface area contributed by atoms with Gasteiger partial charge >= 0.3 is 0 Å². The average molecular weight is 648 g/mol. The molecule has 1 N–H and O–H groups in total. The number of hydrogen-bond donors (Lipinski definition) is 1. The molecule has 11 nitrogen and oxygen atoms in total. The molecule has 0 spiro atoms. The van der Waals surface area contributed by atoms with Gasteiger partial charge in [0.15, 0.2) is 0 Å². The normalized spacial score (nSPS) is 15.0. The van der Waals surface area contributed by atoms with Crippen molar-refractivity contribution < 1.29 is 22.4 Å². The number of rotatable bonds is 11. The molecule has 0 unspecified atom stereocenters. The number of carbonyl (C=O) groups is 2. The van der Waals surface area contributed by atoms with E-state index < -0.39 is 15.4 Å². The van der Waals surface area contributed by atoms with Crippen LogP contribution in [-0.4, -0.2) is 62.6 Å². The number of nitrogens with zero attached hydrogens (tertiary/aromatic N) is 4. The molecule has 2 amide bonds. The van der Waals surface area contributed by atoms with E-state index in [0.717, 1.165) is 22.9 Å². The molecular formula is C34H41N5O6S. The number of nitrogens with one attached hydrogen (secondary N) is 1. The fourth-order valence-corrected chi connectivity index (χ4v) is 6.66. The van der Waals surface area contributed by atoms with Gasteiger partial charge in [-0.25, -0.2) is 8.42 Å². The number of para-hydroxylation sites is 1. The summed E-state index contributed by atoms with van der Waals surface area (Å²) in [7, 11) is -1.79. The number of aryl methyl sites for hydroxylation is 1. The molecule has 12 heteroatoms. The molecular weight excluding hydrogens is 606 g/mol. The zero-order valence-corrected chi connectivity index (χ0v) is 28.0. The van der Waals surface area contributed by atoms with E-state index in [4.69, 9.17) is 4.42 Å². The van der Waals surface area contributed by atoms with E-state index in [9.17, 15) is 22.8 Å². The second-order valence-electron chi connectivity index (χ2n) is 12.4. The molecule has 5 rings (SSSR count). The SMILES string of the molecule is CCN1C(=O)C(C)(C)C(=O)N(C)c2cc(CCN(CCn3cc(C)c4occc4c3=O)Cc3ccccc3NS(C)(=O)=O)ccc21. The van der Waals surface area contributed by atoms with Crippen molar-refractivity contribution in [1.29, 1.82) is 0 Å².